The van der Waals surface area contributed by atoms with Crippen molar-refractivity contribution in [3.8, 4) is 17.2 Å². The van der Waals surface area contributed by atoms with E-state index in [4.69, 9.17) is 9.47 Å². The first kappa shape index (κ1) is 16.5. The molecule has 26 heavy (non-hydrogen) atoms. The lowest BCUT2D eigenvalue weighted by Gasteiger charge is -2.08. The Labute approximate surface area is 154 Å². The van der Waals surface area contributed by atoms with Crippen molar-refractivity contribution in [2.24, 2.45) is 0 Å². The highest BCUT2D eigenvalue weighted by atomic mass is 32.2. The van der Waals surface area contributed by atoms with Crippen molar-refractivity contribution < 1.29 is 14.3 Å². The summed E-state index contributed by atoms with van der Waals surface area (Å²) in [5.74, 6) is 2.18. The van der Waals surface area contributed by atoms with Crippen LogP contribution in [0.3, 0.4) is 0 Å². The molecule has 0 radical (unpaired) electrons. The van der Waals surface area contributed by atoms with Crippen molar-refractivity contribution in [3.05, 3.63) is 54.4 Å². The third-order valence-electron chi connectivity index (χ3n) is 3.80. The number of nitrogens with one attached hydrogen (secondary N) is 1. The number of amides is 1. The minimum absolute atomic E-state index is 0.130. The number of ether oxygens (including phenoxy) is 2. The minimum atomic E-state index is -0.130. The summed E-state index contributed by atoms with van der Waals surface area (Å²) in [6.45, 7) is 2.09. The summed E-state index contributed by atoms with van der Waals surface area (Å²) >= 11 is 1.34. The quantitative estimate of drug-likeness (QED) is 0.698. The molecule has 0 unspecified atom stereocenters. The first-order valence-corrected chi connectivity index (χ1v) is 8.99. The average Bonchev–Trinajstić information content (AvgIpc) is 3.26. The van der Waals surface area contributed by atoms with Gasteiger partial charge < -0.3 is 14.8 Å². The smallest absolute Gasteiger partial charge is 0.234 e. The largest absolute Gasteiger partial charge is 0.454 e. The van der Waals surface area contributed by atoms with Gasteiger partial charge in [0, 0.05) is 17.4 Å². The number of benzene rings is 2. The van der Waals surface area contributed by atoms with Crippen molar-refractivity contribution in [1.29, 1.82) is 0 Å². The molecule has 0 atom stereocenters. The van der Waals surface area contributed by atoms with Crippen molar-refractivity contribution in [2.75, 3.05) is 17.9 Å². The molecular weight excluding hydrogens is 352 g/mol. The second-order valence-corrected chi connectivity index (χ2v) is 6.55. The molecule has 3 aromatic rings. The van der Waals surface area contributed by atoms with Gasteiger partial charge in [0.25, 0.3) is 0 Å². The first-order valence-electron chi connectivity index (χ1n) is 8.00. The van der Waals surface area contributed by atoms with Crippen molar-refractivity contribution in [1.82, 2.24) is 14.8 Å². The van der Waals surface area contributed by atoms with Crippen LogP contribution in [0.5, 0.6) is 11.5 Å². The van der Waals surface area contributed by atoms with Gasteiger partial charge in [0.2, 0.25) is 12.7 Å². The lowest BCUT2D eigenvalue weighted by atomic mass is 10.3. The summed E-state index contributed by atoms with van der Waals surface area (Å²) in [5.41, 5.74) is 1.63. The van der Waals surface area contributed by atoms with Crippen LogP contribution < -0.4 is 14.8 Å². The number of nitrogens with zero attached hydrogens (tertiary/aromatic N) is 3. The number of hydrogen-bond donors (Lipinski definition) is 1. The number of anilines is 1. The molecular formula is C18H16N4O3S. The molecule has 7 nitrogen and oxygen atoms in total. The van der Waals surface area contributed by atoms with Crippen LogP contribution in [-0.4, -0.2) is 33.2 Å². The fourth-order valence-electron chi connectivity index (χ4n) is 2.61. The number of para-hydroxylation sites is 1. The monoisotopic (exact) mass is 368 g/mol. The van der Waals surface area contributed by atoms with Crippen LogP contribution in [0.2, 0.25) is 0 Å². The molecule has 0 fully saturated rings. The van der Waals surface area contributed by atoms with E-state index < -0.39 is 0 Å². The highest BCUT2D eigenvalue weighted by Gasteiger charge is 2.16. The number of hydrogen-bond acceptors (Lipinski definition) is 6. The number of aromatic nitrogens is 3. The van der Waals surface area contributed by atoms with Gasteiger partial charge >= 0.3 is 0 Å². The van der Waals surface area contributed by atoms with Crippen molar-refractivity contribution in [2.45, 2.75) is 12.1 Å². The van der Waals surface area contributed by atoms with E-state index in [9.17, 15) is 4.79 Å². The zero-order valence-electron chi connectivity index (χ0n) is 14.0. The Morgan fingerprint density at radius 1 is 1.15 bits per heavy atom. The second-order valence-electron chi connectivity index (χ2n) is 5.61. The van der Waals surface area contributed by atoms with E-state index in [1.807, 2.05) is 41.8 Å². The Kier molecular flexibility index (Phi) is 4.49. The normalized spacial score (nSPS) is 12.2. The van der Waals surface area contributed by atoms with E-state index in [-0.39, 0.29) is 18.5 Å². The molecule has 8 heteroatoms. The Bertz CT molecular complexity index is 943. The maximum absolute atomic E-state index is 12.3. The average molecular weight is 368 g/mol. The van der Waals surface area contributed by atoms with Gasteiger partial charge in [-0.25, -0.2) is 0 Å². The molecule has 0 saturated carbocycles. The molecule has 1 aromatic heterocycles. The Balaban J connectivity index is 1.42. The lowest BCUT2D eigenvalue weighted by Crippen LogP contribution is -2.14. The van der Waals surface area contributed by atoms with Gasteiger partial charge in [0.1, 0.15) is 5.82 Å². The summed E-state index contributed by atoms with van der Waals surface area (Å²) in [6, 6.07) is 15.1. The molecule has 0 spiro atoms. The fraction of sp³-hybridized carbons (Fsp3) is 0.167. The van der Waals surface area contributed by atoms with Crippen LogP contribution in [0.15, 0.2) is 53.7 Å². The summed E-state index contributed by atoms with van der Waals surface area (Å²) in [6.07, 6.45) is 0. The van der Waals surface area contributed by atoms with Crippen molar-refractivity contribution in [3.63, 3.8) is 0 Å². The molecule has 0 saturated heterocycles. The maximum Gasteiger partial charge on any atom is 0.234 e. The second kappa shape index (κ2) is 7.09. The van der Waals surface area contributed by atoms with Crippen LogP contribution in [0, 0.1) is 6.92 Å². The number of carbonyl (C=O) groups excluding carboxylic acids is 1. The molecule has 2 heterocycles. The maximum atomic E-state index is 12.3. The topological polar surface area (TPSA) is 78.3 Å². The number of rotatable bonds is 5. The first-order chi connectivity index (χ1) is 12.7. The van der Waals surface area contributed by atoms with Crippen LogP contribution in [0.25, 0.3) is 5.69 Å². The van der Waals surface area contributed by atoms with Gasteiger partial charge in [-0.2, -0.15) is 0 Å². The number of carbonyl (C=O) groups is 1. The summed E-state index contributed by atoms with van der Waals surface area (Å²) in [5, 5.41) is 11.8. The van der Waals surface area contributed by atoms with Gasteiger partial charge in [0.15, 0.2) is 16.7 Å². The van der Waals surface area contributed by atoms with Crippen LogP contribution in [0.4, 0.5) is 5.69 Å². The Hall–Kier alpha value is -3.00. The fourth-order valence-corrected chi connectivity index (χ4v) is 3.41. The minimum Gasteiger partial charge on any atom is -0.454 e. The third kappa shape index (κ3) is 3.36. The molecule has 1 amide bonds. The highest BCUT2D eigenvalue weighted by Crippen LogP contribution is 2.34. The van der Waals surface area contributed by atoms with E-state index in [0.717, 1.165) is 11.5 Å². The van der Waals surface area contributed by atoms with E-state index in [1.165, 1.54) is 11.8 Å². The molecule has 2 aromatic carbocycles. The van der Waals surface area contributed by atoms with Gasteiger partial charge in [-0.15, -0.1) is 10.2 Å². The van der Waals surface area contributed by atoms with E-state index >= 15 is 0 Å². The van der Waals surface area contributed by atoms with Crippen LogP contribution >= 0.6 is 11.8 Å². The molecule has 1 N–H and O–H groups in total. The Morgan fingerprint density at radius 3 is 2.81 bits per heavy atom. The van der Waals surface area contributed by atoms with Crippen LogP contribution in [0.1, 0.15) is 5.82 Å². The highest BCUT2D eigenvalue weighted by molar-refractivity contribution is 7.99. The predicted molar refractivity (Wildman–Crippen MR) is 98.0 cm³/mol. The molecule has 0 bridgehead atoms. The number of thioether (sulfide) groups is 1. The SMILES string of the molecule is Cc1nnc(SCC(=O)Nc2ccc3c(c2)OCO3)n1-c1ccccc1. The van der Waals surface area contributed by atoms with Gasteiger partial charge in [-0.3, -0.25) is 9.36 Å². The number of fused-ring (bicyclic) bond motifs is 1. The molecule has 4 rings (SSSR count). The third-order valence-corrected chi connectivity index (χ3v) is 4.73. The summed E-state index contributed by atoms with van der Waals surface area (Å²) in [4.78, 5) is 12.3. The van der Waals surface area contributed by atoms with Gasteiger partial charge in [-0.1, -0.05) is 30.0 Å². The standard InChI is InChI=1S/C18H16N4O3S/c1-12-20-21-18(22(12)14-5-3-2-4-6-14)26-10-17(23)19-13-7-8-15-16(9-13)25-11-24-15/h2-9H,10-11H2,1H3,(H,19,23). The molecule has 132 valence electrons. The van der Waals surface area contributed by atoms with E-state index in [0.29, 0.717) is 22.3 Å². The Morgan fingerprint density at radius 2 is 1.96 bits per heavy atom. The van der Waals surface area contributed by atoms with E-state index in [1.54, 1.807) is 18.2 Å². The summed E-state index contributed by atoms with van der Waals surface area (Å²) in [7, 11) is 0. The molecule has 1 aliphatic rings. The molecule has 0 aliphatic carbocycles. The zero-order chi connectivity index (χ0) is 17.9. The van der Waals surface area contributed by atoms with Gasteiger partial charge in [0.05, 0.1) is 5.75 Å². The molecule has 1 aliphatic heterocycles. The summed E-state index contributed by atoms with van der Waals surface area (Å²) < 4.78 is 12.5. The zero-order valence-corrected chi connectivity index (χ0v) is 14.8. The van der Waals surface area contributed by atoms with Crippen LogP contribution in [-0.2, 0) is 4.79 Å². The number of aryl methyl sites for hydroxylation is 1. The van der Waals surface area contributed by atoms with Gasteiger partial charge in [-0.05, 0) is 31.2 Å². The van der Waals surface area contributed by atoms with E-state index in [2.05, 4.69) is 15.5 Å². The van der Waals surface area contributed by atoms with Crippen molar-refractivity contribution >= 4 is 23.4 Å². The lowest BCUT2D eigenvalue weighted by molar-refractivity contribution is -0.113. The predicted octanol–water partition coefficient (Wildman–Crippen LogP) is 3.04.